The van der Waals surface area contributed by atoms with E-state index in [1.54, 1.807) is 19.2 Å². The van der Waals surface area contributed by atoms with Gasteiger partial charge in [0.1, 0.15) is 11.4 Å². The lowest BCUT2D eigenvalue weighted by atomic mass is 10.1. The largest absolute Gasteiger partial charge is 0.497 e. The van der Waals surface area contributed by atoms with Gasteiger partial charge in [-0.3, -0.25) is 4.79 Å². The number of carbonyl (C=O) groups is 1. The summed E-state index contributed by atoms with van der Waals surface area (Å²) in [6.07, 6.45) is 0. The molecule has 172 valence electrons. The molecular weight excluding hydrogens is 426 g/mol. The molecular formula is C27H27N5O2. The van der Waals surface area contributed by atoms with Gasteiger partial charge in [-0.15, -0.1) is 0 Å². The zero-order valence-electron chi connectivity index (χ0n) is 19.6. The van der Waals surface area contributed by atoms with Crippen molar-refractivity contribution in [1.82, 2.24) is 9.97 Å². The van der Waals surface area contributed by atoms with Gasteiger partial charge in [0.15, 0.2) is 5.82 Å². The van der Waals surface area contributed by atoms with Crippen LogP contribution in [0.3, 0.4) is 0 Å². The van der Waals surface area contributed by atoms with Crippen LogP contribution in [0, 0.1) is 20.8 Å². The topological polar surface area (TPSA) is 88.2 Å². The van der Waals surface area contributed by atoms with Crippen LogP contribution in [-0.4, -0.2) is 23.0 Å². The Bertz CT molecular complexity index is 1280. The van der Waals surface area contributed by atoms with E-state index < -0.39 is 0 Å². The Balaban J connectivity index is 1.67. The van der Waals surface area contributed by atoms with Crippen LogP contribution >= 0.6 is 0 Å². The molecule has 4 rings (SSSR count). The lowest BCUT2D eigenvalue weighted by Gasteiger charge is -2.17. The number of nitrogens with zero attached hydrogens (tertiary/aromatic N) is 2. The van der Waals surface area contributed by atoms with Gasteiger partial charge >= 0.3 is 0 Å². The fourth-order valence-electron chi connectivity index (χ4n) is 3.34. The molecule has 3 aromatic carbocycles. The second kappa shape index (κ2) is 10.0. The number of nitrogens with one attached hydrogen (secondary N) is 3. The van der Waals surface area contributed by atoms with Gasteiger partial charge in [0.2, 0.25) is 5.95 Å². The fourth-order valence-corrected chi connectivity index (χ4v) is 3.34. The highest BCUT2D eigenvalue weighted by molar-refractivity contribution is 6.06. The van der Waals surface area contributed by atoms with Crippen molar-refractivity contribution >= 4 is 34.7 Å². The van der Waals surface area contributed by atoms with E-state index in [-0.39, 0.29) is 5.91 Å². The molecule has 0 fully saturated rings. The van der Waals surface area contributed by atoms with Crippen molar-refractivity contribution < 1.29 is 9.53 Å². The first kappa shape index (κ1) is 22.8. The number of amides is 1. The maximum absolute atomic E-state index is 12.9. The number of aryl methyl sites for hydroxylation is 3. The predicted molar refractivity (Wildman–Crippen MR) is 137 cm³/mol. The summed E-state index contributed by atoms with van der Waals surface area (Å²) >= 11 is 0. The van der Waals surface area contributed by atoms with Crippen molar-refractivity contribution in [2.75, 3.05) is 23.1 Å². The van der Waals surface area contributed by atoms with Gasteiger partial charge in [-0.1, -0.05) is 35.4 Å². The third-order valence-electron chi connectivity index (χ3n) is 5.30. The van der Waals surface area contributed by atoms with Gasteiger partial charge in [0, 0.05) is 16.9 Å². The molecule has 7 nitrogen and oxygen atoms in total. The Morgan fingerprint density at radius 1 is 0.735 bits per heavy atom. The van der Waals surface area contributed by atoms with E-state index in [0.29, 0.717) is 28.7 Å². The standard InChI is InChI=1S/C27H27N5O2/c1-17-5-9-20(10-6-17)26(33)31-24-19(3)28-27(30-22-11-7-18(2)8-12-22)32-25(24)29-21-13-15-23(34-4)16-14-21/h5-16H,1-4H3,(H,31,33)(H2,28,29,30,32). The summed E-state index contributed by atoms with van der Waals surface area (Å²) in [5, 5.41) is 9.52. The van der Waals surface area contributed by atoms with Crippen LogP contribution in [-0.2, 0) is 0 Å². The van der Waals surface area contributed by atoms with Crippen molar-refractivity contribution in [3.05, 3.63) is 95.2 Å². The minimum absolute atomic E-state index is 0.233. The van der Waals surface area contributed by atoms with Gasteiger partial charge in [0.25, 0.3) is 5.91 Å². The Labute approximate surface area is 199 Å². The Hall–Kier alpha value is -4.39. The highest BCUT2D eigenvalue weighted by Gasteiger charge is 2.16. The Morgan fingerprint density at radius 3 is 1.91 bits per heavy atom. The van der Waals surface area contributed by atoms with Crippen LogP contribution in [0.2, 0.25) is 0 Å². The van der Waals surface area contributed by atoms with E-state index in [4.69, 9.17) is 4.74 Å². The van der Waals surface area contributed by atoms with Crippen molar-refractivity contribution in [1.29, 1.82) is 0 Å². The number of rotatable bonds is 7. The quantitative estimate of drug-likeness (QED) is 0.311. The molecule has 1 aromatic heterocycles. The second-order valence-corrected chi connectivity index (χ2v) is 8.02. The zero-order valence-corrected chi connectivity index (χ0v) is 19.6. The zero-order chi connectivity index (χ0) is 24.1. The van der Waals surface area contributed by atoms with E-state index in [1.807, 2.05) is 81.4 Å². The van der Waals surface area contributed by atoms with Gasteiger partial charge in [-0.25, -0.2) is 4.98 Å². The van der Waals surface area contributed by atoms with E-state index in [0.717, 1.165) is 22.7 Å². The average molecular weight is 454 g/mol. The minimum atomic E-state index is -0.233. The summed E-state index contributed by atoms with van der Waals surface area (Å²) in [5.41, 5.74) is 5.62. The summed E-state index contributed by atoms with van der Waals surface area (Å²) < 4.78 is 5.25. The van der Waals surface area contributed by atoms with Crippen molar-refractivity contribution in [2.24, 2.45) is 0 Å². The molecule has 0 saturated heterocycles. The normalized spacial score (nSPS) is 10.5. The van der Waals surface area contributed by atoms with Crippen LogP contribution in [0.15, 0.2) is 72.8 Å². The number of benzene rings is 3. The summed E-state index contributed by atoms with van der Waals surface area (Å²) in [6, 6.07) is 22.9. The number of ether oxygens (including phenoxy) is 1. The summed E-state index contributed by atoms with van der Waals surface area (Å²) in [6.45, 7) is 5.86. The molecule has 0 saturated carbocycles. The van der Waals surface area contributed by atoms with Crippen LogP contribution in [0.4, 0.5) is 28.8 Å². The third kappa shape index (κ3) is 5.50. The summed E-state index contributed by atoms with van der Waals surface area (Å²) in [4.78, 5) is 22.2. The van der Waals surface area contributed by atoms with Crippen molar-refractivity contribution in [2.45, 2.75) is 20.8 Å². The molecule has 0 unspecified atom stereocenters. The van der Waals surface area contributed by atoms with Gasteiger partial charge in [-0.05, 0) is 69.3 Å². The maximum atomic E-state index is 12.9. The number of hydrogen-bond acceptors (Lipinski definition) is 6. The lowest BCUT2D eigenvalue weighted by molar-refractivity contribution is 0.102. The Morgan fingerprint density at radius 2 is 1.29 bits per heavy atom. The van der Waals surface area contributed by atoms with E-state index in [1.165, 1.54) is 5.56 Å². The molecule has 0 bridgehead atoms. The van der Waals surface area contributed by atoms with Crippen LogP contribution in [0.5, 0.6) is 5.75 Å². The van der Waals surface area contributed by atoms with E-state index in [9.17, 15) is 4.79 Å². The van der Waals surface area contributed by atoms with Crippen molar-refractivity contribution in [3.63, 3.8) is 0 Å². The summed E-state index contributed by atoms with van der Waals surface area (Å²) in [7, 11) is 1.62. The molecule has 0 atom stereocenters. The molecule has 0 radical (unpaired) electrons. The first-order chi connectivity index (χ1) is 16.4. The summed E-state index contributed by atoms with van der Waals surface area (Å²) in [5.74, 6) is 1.42. The number of hydrogen-bond donors (Lipinski definition) is 3. The monoisotopic (exact) mass is 453 g/mol. The van der Waals surface area contributed by atoms with Crippen molar-refractivity contribution in [3.8, 4) is 5.75 Å². The molecule has 0 spiro atoms. The number of carbonyl (C=O) groups excluding carboxylic acids is 1. The van der Waals surface area contributed by atoms with Crippen LogP contribution < -0.4 is 20.7 Å². The molecule has 7 heteroatoms. The maximum Gasteiger partial charge on any atom is 0.255 e. The molecule has 0 aliphatic carbocycles. The molecule has 0 aliphatic heterocycles. The minimum Gasteiger partial charge on any atom is -0.497 e. The number of anilines is 5. The molecule has 1 heterocycles. The first-order valence-corrected chi connectivity index (χ1v) is 10.9. The van der Waals surface area contributed by atoms with E-state index in [2.05, 4.69) is 25.9 Å². The molecule has 34 heavy (non-hydrogen) atoms. The molecule has 1 amide bonds. The number of methoxy groups -OCH3 is 1. The highest BCUT2D eigenvalue weighted by Crippen LogP contribution is 2.30. The lowest BCUT2D eigenvalue weighted by Crippen LogP contribution is -2.16. The molecule has 4 aromatic rings. The SMILES string of the molecule is COc1ccc(Nc2nc(Nc3ccc(C)cc3)nc(C)c2NC(=O)c2ccc(C)cc2)cc1. The van der Waals surface area contributed by atoms with Gasteiger partial charge < -0.3 is 20.7 Å². The fraction of sp³-hybridized carbons (Fsp3) is 0.148. The van der Waals surface area contributed by atoms with E-state index >= 15 is 0 Å². The van der Waals surface area contributed by atoms with Crippen LogP contribution in [0.25, 0.3) is 0 Å². The van der Waals surface area contributed by atoms with Crippen LogP contribution in [0.1, 0.15) is 27.2 Å². The Kier molecular flexibility index (Phi) is 6.73. The van der Waals surface area contributed by atoms with Gasteiger partial charge in [0.05, 0.1) is 12.8 Å². The first-order valence-electron chi connectivity index (χ1n) is 10.9. The molecule has 0 aliphatic rings. The second-order valence-electron chi connectivity index (χ2n) is 8.02. The van der Waals surface area contributed by atoms with Gasteiger partial charge in [-0.2, -0.15) is 4.98 Å². The smallest absolute Gasteiger partial charge is 0.255 e. The number of aromatic nitrogens is 2. The third-order valence-corrected chi connectivity index (χ3v) is 5.30. The average Bonchev–Trinajstić information content (AvgIpc) is 2.83. The highest BCUT2D eigenvalue weighted by atomic mass is 16.5. The predicted octanol–water partition coefficient (Wildman–Crippen LogP) is 6.15. The molecule has 3 N–H and O–H groups in total.